The summed E-state index contributed by atoms with van der Waals surface area (Å²) in [6.45, 7) is 7.89. The summed E-state index contributed by atoms with van der Waals surface area (Å²) in [6.07, 6.45) is 0. The van der Waals surface area contributed by atoms with E-state index in [1.165, 1.54) is 6.07 Å². The maximum Gasteiger partial charge on any atom is 0.252 e. The molecule has 0 saturated carbocycles. The van der Waals surface area contributed by atoms with E-state index in [2.05, 4.69) is 19.4 Å². The molecule has 5 N–H and O–H groups in total. The third-order valence-corrected chi connectivity index (χ3v) is 5.25. The molecule has 29 heavy (non-hydrogen) atoms. The van der Waals surface area contributed by atoms with Crippen molar-refractivity contribution in [3.8, 4) is 5.75 Å². The zero-order chi connectivity index (χ0) is 21.3. The van der Waals surface area contributed by atoms with Gasteiger partial charge < -0.3 is 30.4 Å². The molecule has 154 valence electrons. The van der Waals surface area contributed by atoms with Gasteiger partial charge in [-0.3, -0.25) is 4.79 Å². The van der Waals surface area contributed by atoms with Gasteiger partial charge in [0.1, 0.15) is 11.5 Å². The quantitative estimate of drug-likeness (QED) is 0.335. The number of carbonyl (C=O) groups is 1. The lowest BCUT2D eigenvalue weighted by Gasteiger charge is -2.20. The van der Waals surface area contributed by atoms with Gasteiger partial charge in [-0.05, 0) is 43.5 Å². The van der Waals surface area contributed by atoms with Crippen molar-refractivity contribution in [1.82, 2.24) is 8.75 Å². The minimum Gasteiger partial charge on any atom is -0.546 e. The van der Waals surface area contributed by atoms with Crippen LogP contribution in [0.25, 0.3) is 0 Å². The van der Waals surface area contributed by atoms with Gasteiger partial charge in [-0.2, -0.15) is 0 Å². The molecule has 0 radical (unpaired) electrons. The van der Waals surface area contributed by atoms with Crippen molar-refractivity contribution in [3.63, 3.8) is 0 Å². The van der Waals surface area contributed by atoms with Gasteiger partial charge in [0, 0.05) is 8.75 Å². The van der Waals surface area contributed by atoms with E-state index in [9.17, 15) is 14.5 Å². The molecular weight excluding hydrogens is 394 g/mol. The number of hydrogen-bond donors (Lipinski definition) is 4. The molecule has 0 saturated heterocycles. The summed E-state index contributed by atoms with van der Waals surface area (Å²) in [5.74, 6) is 1.03. The molecule has 1 amide bonds. The Balaban J connectivity index is 1.93. The Morgan fingerprint density at radius 2 is 1.97 bits per heavy atom. The van der Waals surface area contributed by atoms with Gasteiger partial charge in [0.2, 0.25) is 11.6 Å². The third kappa shape index (κ3) is 4.33. The van der Waals surface area contributed by atoms with Crippen LogP contribution in [0.4, 0.5) is 17.3 Å². The molecule has 9 nitrogen and oxygen atoms in total. The summed E-state index contributed by atoms with van der Waals surface area (Å²) in [7, 11) is 0. The molecule has 1 unspecified atom stereocenters. The zero-order valence-electron chi connectivity index (χ0n) is 16.5. The Morgan fingerprint density at radius 3 is 2.55 bits per heavy atom. The van der Waals surface area contributed by atoms with E-state index in [1.807, 2.05) is 33.8 Å². The summed E-state index contributed by atoms with van der Waals surface area (Å²) in [4.78, 5) is 11.4. The lowest BCUT2D eigenvalue weighted by Crippen LogP contribution is -2.17. The Bertz CT molecular complexity index is 1020. The van der Waals surface area contributed by atoms with Gasteiger partial charge in [-0.25, -0.2) is 0 Å². The van der Waals surface area contributed by atoms with Crippen molar-refractivity contribution in [1.29, 1.82) is 0 Å². The molecule has 0 aliphatic carbocycles. The summed E-state index contributed by atoms with van der Waals surface area (Å²) >= 11 is -1.82. The molecule has 0 spiro atoms. The summed E-state index contributed by atoms with van der Waals surface area (Å²) in [5.41, 5.74) is 6.45. The number of aryl methyl sites for hydroxylation is 2. The fourth-order valence-corrected chi connectivity index (χ4v) is 3.50. The number of hydrogen-bond acceptors (Lipinski definition) is 8. The van der Waals surface area contributed by atoms with Crippen LogP contribution in [0, 0.1) is 19.8 Å². The number of aromatic hydroxyl groups is 1. The first-order chi connectivity index (χ1) is 13.7. The predicted molar refractivity (Wildman–Crippen MR) is 110 cm³/mol. The van der Waals surface area contributed by atoms with E-state index < -0.39 is 17.0 Å². The van der Waals surface area contributed by atoms with Crippen molar-refractivity contribution in [2.75, 3.05) is 10.6 Å². The average molecular weight is 417 g/mol. The SMILES string of the molecule is Cc1cc([C@H](Nc2n[s+]([O-])nc2Nc2cccc(C(N)=O)c2O)C(C)C)oc1C. The third-order valence-electron chi connectivity index (χ3n) is 4.57. The molecule has 0 bridgehead atoms. The highest BCUT2D eigenvalue weighted by Crippen LogP contribution is 2.36. The standard InChI is InChI=1S/C19H23N5O4S/c1-9(2)15(14-8-10(3)11(4)28-14)22-19-18(23-29(27)24-19)21-13-7-5-6-12(16(13)25)17(20)26/h5-9,15,25H,1-4H3,(H2,20,26)(H,21,23)(H,22,24)/t15-,29?/m1/s1. The van der Waals surface area contributed by atoms with Crippen LogP contribution in [-0.4, -0.2) is 24.3 Å². The number of primary amides is 1. The second-order valence-electron chi connectivity index (χ2n) is 7.06. The first-order valence-corrected chi connectivity index (χ1v) is 10.1. The van der Waals surface area contributed by atoms with E-state index in [0.717, 1.165) is 17.1 Å². The molecule has 2 atom stereocenters. The Labute approximate surface area is 171 Å². The van der Waals surface area contributed by atoms with Crippen molar-refractivity contribution in [2.24, 2.45) is 11.7 Å². The molecule has 3 rings (SSSR count). The second-order valence-corrected chi connectivity index (χ2v) is 7.88. The Kier molecular flexibility index (Phi) is 5.76. The van der Waals surface area contributed by atoms with Gasteiger partial charge >= 0.3 is 0 Å². The van der Waals surface area contributed by atoms with Crippen molar-refractivity contribution in [3.05, 3.63) is 46.9 Å². The number of amides is 1. The number of para-hydroxylation sites is 1. The average Bonchev–Trinajstić information content (AvgIpc) is 3.15. The normalized spacial score (nSPS) is 12.8. The molecule has 10 heteroatoms. The minimum atomic E-state index is -1.82. The maximum absolute atomic E-state index is 12.0. The fraction of sp³-hybridized carbons (Fsp3) is 0.316. The monoisotopic (exact) mass is 417 g/mol. The van der Waals surface area contributed by atoms with Crippen LogP contribution in [0.15, 0.2) is 28.7 Å². The molecule has 0 aliphatic rings. The minimum absolute atomic E-state index is 0.0391. The largest absolute Gasteiger partial charge is 0.546 e. The Morgan fingerprint density at radius 1 is 1.28 bits per heavy atom. The highest BCUT2D eigenvalue weighted by Gasteiger charge is 2.26. The molecule has 3 aromatic rings. The number of phenols is 1. The first-order valence-electron chi connectivity index (χ1n) is 8.99. The number of nitrogens with zero attached hydrogens (tertiary/aromatic N) is 2. The molecule has 2 aromatic heterocycles. The maximum atomic E-state index is 12.0. The number of aromatic nitrogens is 2. The van der Waals surface area contributed by atoms with Gasteiger partial charge in [-0.15, -0.1) is 0 Å². The number of rotatable bonds is 7. The second kappa shape index (κ2) is 8.10. The topological polar surface area (TPSA) is 149 Å². The molecule has 2 heterocycles. The van der Waals surface area contributed by atoms with Crippen molar-refractivity contribution in [2.45, 2.75) is 33.7 Å². The van der Waals surface area contributed by atoms with Crippen molar-refractivity contribution < 1.29 is 18.9 Å². The van der Waals surface area contributed by atoms with Crippen LogP contribution >= 0.6 is 11.1 Å². The lowest BCUT2D eigenvalue weighted by molar-refractivity contribution is 0.0998. The number of benzene rings is 1. The van der Waals surface area contributed by atoms with E-state index in [-0.39, 0.29) is 40.6 Å². The van der Waals surface area contributed by atoms with Crippen LogP contribution in [0.1, 0.15) is 47.3 Å². The van der Waals surface area contributed by atoms with Crippen LogP contribution in [0.5, 0.6) is 5.75 Å². The highest BCUT2D eigenvalue weighted by atomic mass is 32.2. The number of carbonyl (C=O) groups excluding carboxylic acids is 1. The summed E-state index contributed by atoms with van der Waals surface area (Å²) in [6, 6.07) is 6.22. The Hall–Kier alpha value is -3.11. The molecule has 0 fully saturated rings. The van der Waals surface area contributed by atoms with Gasteiger partial charge in [-0.1, -0.05) is 19.9 Å². The molecule has 1 aromatic carbocycles. The lowest BCUT2D eigenvalue weighted by atomic mass is 10.0. The van der Waals surface area contributed by atoms with E-state index in [4.69, 9.17) is 10.2 Å². The van der Waals surface area contributed by atoms with Gasteiger partial charge in [0.25, 0.3) is 5.91 Å². The van der Waals surface area contributed by atoms with Crippen LogP contribution in [0.2, 0.25) is 0 Å². The fourth-order valence-electron chi connectivity index (χ4n) is 2.88. The highest BCUT2D eigenvalue weighted by molar-refractivity contribution is 7.14. The predicted octanol–water partition coefficient (Wildman–Crippen LogP) is 3.77. The number of nitrogens with one attached hydrogen (secondary N) is 2. The van der Waals surface area contributed by atoms with Crippen LogP contribution in [-0.2, 0) is 0 Å². The van der Waals surface area contributed by atoms with E-state index in [1.54, 1.807) is 12.1 Å². The number of nitrogens with two attached hydrogens (primary N) is 1. The van der Waals surface area contributed by atoms with Gasteiger partial charge in [0.05, 0.1) is 17.3 Å². The number of anilines is 3. The zero-order valence-corrected chi connectivity index (χ0v) is 17.3. The number of furan rings is 1. The van der Waals surface area contributed by atoms with Crippen LogP contribution < -0.4 is 16.4 Å². The summed E-state index contributed by atoms with van der Waals surface area (Å²) < 4.78 is 25.8. The smallest absolute Gasteiger partial charge is 0.252 e. The van der Waals surface area contributed by atoms with E-state index in [0.29, 0.717) is 0 Å². The van der Waals surface area contributed by atoms with Gasteiger partial charge in [0.15, 0.2) is 16.9 Å². The van der Waals surface area contributed by atoms with Crippen molar-refractivity contribution >= 4 is 34.4 Å². The van der Waals surface area contributed by atoms with Crippen LogP contribution in [0.3, 0.4) is 0 Å². The van der Waals surface area contributed by atoms with E-state index >= 15 is 0 Å². The summed E-state index contributed by atoms with van der Waals surface area (Å²) in [5, 5.41) is 16.4. The molecule has 0 aliphatic heterocycles. The first kappa shape index (κ1) is 20.6. The molecular formula is C19H23N5O4S.